The summed E-state index contributed by atoms with van der Waals surface area (Å²) in [4.78, 5) is 24.5. The number of nitro groups is 1. The maximum absolute atomic E-state index is 14.4. The van der Waals surface area contributed by atoms with Crippen LogP contribution in [0.1, 0.15) is 61.9 Å². The van der Waals surface area contributed by atoms with Crippen LogP contribution >= 0.6 is 27.5 Å². The summed E-state index contributed by atoms with van der Waals surface area (Å²) >= 11 is 9.53. The van der Waals surface area contributed by atoms with Gasteiger partial charge >= 0.3 is 5.82 Å². The van der Waals surface area contributed by atoms with E-state index in [-0.39, 0.29) is 29.2 Å². The summed E-state index contributed by atoms with van der Waals surface area (Å²) < 4.78 is 18.2. The number of amides is 1. The van der Waals surface area contributed by atoms with E-state index in [0.29, 0.717) is 44.7 Å². The molecule has 4 bridgehead atoms. The molecule has 12 heteroatoms. The van der Waals surface area contributed by atoms with Crippen LogP contribution in [0.2, 0.25) is 5.02 Å². The van der Waals surface area contributed by atoms with Crippen LogP contribution in [0.4, 0.5) is 15.9 Å². The van der Waals surface area contributed by atoms with Gasteiger partial charge in [-0.2, -0.15) is 9.78 Å². The van der Waals surface area contributed by atoms with Gasteiger partial charge in [0.1, 0.15) is 10.3 Å². The number of nitrogens with one attached hydrogen (secondary N) is 1. The Hall–Kier alpha value is -2.79. The molecular formula is C27H29BrClFN6O3. The first-order chi connectivity index (χ1) is 18.5. The van der Waals surface area contributed by atoms with Crippen molar-refractivity contribution in [2.75, 3.05) is 5.32 Å². The second-order valence-electron chi connectivity index (χ2n) is 11.8. The van der Waals surface area contributed by atoms with Crippen LogP contribution in [0.15, 0.2) is 28.9 Å². The minimum atomic E-state index is -0.463. The lowest BCUT2D eigenvalue weighted by Gasteiger charge is -2.61. The molecule has 7 rings (SSSR count). The van der Waals surface area contributed by atoms with E-state index < -0.39 is 10.7 Å². The molecular weight excluding hydrogens is 591 g/mol. The first-order valence-corrected chi connectivity index (χ1v) is 14.3. The number of nitrogens with zero attached hydrogens (tertiary/aromatic N) is 5. The van der Waals surface area contributed by atoms with Crippen molar-refractivity contribution in [2.24, 2.45) is 17.3 Å². The highest BCUT2D eigenvalue weighted by Crippen LogP contribution is 2.65. The number of hydrogen-bond acceptors (Lipinski definition) is 5. The van der Waals surface area contributed by atoms with E-state index in [1.807, 2.05) is 18.5 Å². The van der Waals surface area contributed by atoms with Gasteiger partial charge in [-0.15, -0.1) is 0 Å². The van der Waals surface area contributed by atoms with Crippen molar-refractivity contribution in [1.82, 2.24) is 19.6 Å². The maximum Gasteiger partial charge on any atom is 0.404 e. The molecule has 2 atom stereocenters. The monoisotopic (exact) mass is 618 g/mol. The van der Waals surface area contributed by atoms with Crippen molar-refractivity contribution in [3.05, 3.63) is 66.8 Å². The Morgan fingerprint density at radius 2 is 1.97 bits per heavy atom. The molecule has 9 nitrogen and oxygen atoms in total. The van der Waals surface area contributed by atoms with E-state index in [0.717, 1.165) is 44.2 Å². The van der Waals surface area contributed by atoms with Crippen molar-refractivity contribution in [3.8, 4) is 0 Å². The minimum absolute atomic E-state index is 0.0746. The number of rotatable bonds is 7. The number of aryl methyl sites for hydroxylation is 1. The van der Waals surface area contributed by atoms with Crippen LogP contribution in [0.3, 0.4) is 0 Å². The normalized spacial score (nSPS) is 27.2. The van der Waals surface area contributed by atoms with E-state index in [2.05, 4.69) is 31.4 Å². The molecule has 0 spiro atoms. The number of hydrogen-bond donors (Lipinski definition) is 1. The Kier molecular flexibility index (Phi) is 6.37. The Morgan fingerprint density at radius 3 is 2.62 bits per heavy atom. The first-order valence-electron chi connectivity index (χ1n) is 13.1. The molecule has 4 fully saturated rings. The largest absolute Gasteiger partial charge is 0.404 e. The summed E-state index contributed by atoms with van der Waals surface area (Å²) in [6, 6.07) is 4.58. The summed E-state index contributed by atoms with van der Waals surface area (Å²) in [7, 11) is 0. The van der Waals surface area contributed by atoms with Gasteiger partial charge in [-0.25, -0.2) is 4.39 Å². The summed E-state index contributed by atoms with van der Waals surface area (Å²) in [5.41, 5.74) is 1.89. The molecule has 0 aliphatic heterocycles. The van der Waals surface area contributed by atoms with Crippen molar-refractivity contribution < 1.29 is 14.1 Å². The maximum atomic E-state index is 14.4. The smallest absolute Gasteiger partial charge is 0.358 e. The van der Waals surface area contributed by atoms with E-state index in [9.17, 15) is 19.3 Å². The van der Waals surface area contributed by atoms with E-state index in [1.54, 1.807) is 23.0 Å². The van der Waals surface area contributed by atoms with Gasteiger partial charge < -0.3 is 15.4 Å². The van der Waals surface area contributed by atoms with Gasteiger partial charge in [-0.1, -0.05) is 17.7 Å². The lowest BCUT2D eigenvalue weighted by atomic mass is 9.46. The zero-order valence-corrected chi connectivity index (χ0v) is 24.1. The van der Waals surface area contributed by atoms with E-state index in [1.165, 1.54) is 6.07 Å². The topological polar surface area (TPSA) is 108 Å². The predicted octanol–water partition coefficient (Wildman–Crippen LogP) is 6.53. The third-order valence-corrected chi connectivity index (χ3v) is 9.93. The van der Waals surface area contributed by atoms with Crippen molar-refractivity contribution in [2.45, 2.75) is 70.9 Å². The molecule has 2 aromatic heterocycles. The van der Waals surface area contributed by atoms with Crippen LogP contribution in [0.5, 0.6) is 0 Å². The fourth-order valence-electron chi connectivity index (χ4n) is 7.98. The second-order valence-corrected chi connectivity index (χ2v) is 13.1. The molecule has 3 aromatic rings. The fraction of sp³-hybridized carbons (Fsp3) is 0.519. The molecule has 1 aromatic carbocycles. The van der Waals surface area contributed by atoms with Crippen molar-refractivity contribution >= 4 is 44.9 Å². The lowest BCUT2D eigenvalue weighted by molar-refractivity contribution is -0.390. The van der Waals surface area contributed by atoms with Gasteiger partial charge in [-0.3, -0.25) is 9.48 Å². The van der Waals surface area contributed by atoms with Crippen LogP contribution < -0.4 is 5.32 Å². The van der Waals surface area contributed by atoms with Gasteiger partial charge in [0.25, 0.3) is 0 Å². The van der Waals surface area contributed by atoms with Gasteiger partial charge in [0.05, 0.1) is 40.5 Å². The highest BCUT2D eigenvalue weighted by atomic mass is 79.9. The van der Waals surface area contributed by atoms with Crippen LogP contribution in [-0.2, 0) is 16.9 Å². The average molecular weight is 620 g/mol. The number of benzene rings is 1. The average Bonchev–Trinajstić information content (AvgIpc) is 3.36. The number of halogens is 3. The molecule has 2 unspecified atom stereocenters. The van der Waals surface area contributed by atoms with E-state index in [4.69, 9.17) is 11.6 Å². The van der Waals surface area contributed by atoms with Gasteiger partial charge in [0, 0.05) is 17.0 Å². The van der Waals surface area contributed by atoms with Gasteiger partial charge in [0.2, 0.25) is 5.91 Å². The zero-order valence-electron chi connectivity index (χ0n) is 21.7. The summed E-state index contributed by atoms with van der Waals surface area (Å²) in [5.74, 6) is 0.299. The zero-order chi connectivity index (χ0) is 27.7. The second kappa shape index (κ2) is 9.40. The number of aromatic nitrogens is 4. The van der Waals surface area contributed by atoms with Crippen LogP contribution in [-0.4, -0.2) is 30.4 Å². The Morgan fingerprint density at radius 1 is 1.26 bits per heavy atom. The molecule has 4 aliphatic carbocycles. The number of carbonyl (C=O) groups is 1. The predicted molar refractivity (Wildman–Crippen MR) is 147 cm³/mol. The molecule has 39 heavy (non-hydrogen) atoms. The van der Waals surface area contributed by atoms with Crippen LogP contribution in [0.25, 0.3) is 0 Å². The highest BCUT2D eigenvalue weighted by Gasteiger charge is 2.60. The summed E-state index contributed by atoms with van der Waals surface area (Å²) in [6.45, 7) is 3.84. The quantitative estimate of drug-likeness (QED) is 0.239. The molecule has 0 saturated heterocycles. The van der Waals surface area contributed by atoms with Crippen LogP contribution in [0, 0.1) is 47.0 Å². The molecule has 1 amide bonds. The van der Waals surface area contributed by atoms with Gasteiger partial charge in [0.15, 0.2) is 0 Å². The third kappa shape index (κ3) is 4.57. The summed E-state index contributed by atoms with van der Waals surface area (Å²) in [6.07, 6.45) is 7.84. The standard InChI is InChI=1S/C27H29BrClFN6O3/c1-15-24(16(2)34(32-15)12-19-21(29)4-3-5-22(19)30)31-23(37)11-26-7-17-6-18(8-26)10-27(9-17,14-26)35-13-20(28)25(33-35)36(38)39/h3-5,13,17-18H,6-12,14H2,1-2H3,(H,31,37). The number of carbonyl (C=O) groups excluding carboxylic acids is 1. The van der Waals surface area contributed by atoms with E-state index >= 15 is 0 Å². The Bertz CT molecular complexity index is 1470. The highest BCUT2D eigenvalue weighted by molar-refractivity contribution is 9.10. The third-order valence-electron chi connectivity index (χ3n) is 9.01. The Balaban J connectivity index is 1.22. The minimum Gasteiger partial charge on any atom is -0.358 e. The molecule has 1 N–H and O–H groups in total. The summed E-state index contributed by atoms with van der Waals surface area (Å²) in [5, 5.41) is 23.8. The molecule has 4 aliphatic rings. The number of anilines is 1. The Labute approximate surface area is 238 Å². The SMILES string of the molecule is Cc1nn(Cc2c(F)cccc2Cl)c(C)c1NC(=O)CC12CC3CC(C1)CC(n1cc(Br)c([N+](=O)[O-])n1)(C3)C2. The molecule has 2 heterocycles. The van der Waals surface area contributed by atoms with Gasteiger partial charge in [-0.05, 0) is 103 Å². The lowest BCUT2D eigenvalue weighted by Crippen LogP contribution is -2.57. The first kappa shape index (κ1) is 26.4. The fourth-order valence-corrected chi connectivity index (χ4v) is 8.62. The molecule has 206 valence electrons. The van der Waals surface area contributed by atoms with Crippen molar-refractivity contribution in [1.29, 1.82) is 0 Å². The molecule has 0 radical (unpaired) electrons. The molecule has 4 saturated carbocycles. The van der Waals surface area contributed by atoms with Crippen molar-refractivity contribution in [3.63, 3.8) is 0 Å².